The van der Waals surface area contributed by atoms with E-state index < -0.39 is 0 Å². The van der Waals surface area contributed by atoms with Gasteiger partial charge in [-0.1, -0.05) is 72.4 Å². The van der Waals surface area contributed by atoms with E-state index >= 15 is 0 Å². The molecule has 1 aromatic heterocycles. The molecule has 1 N–H and O–H groups in total. The van der Waals surface area contributed by atoms with Gasteiger partial charge in [0.15, 0.2) is 5.16 Å². The lowest BCUT2D eigenvalue weighted by molar-refractivity contribution is -0.118. The molecule has 1 amide bonds. The first-order valence-electron chi connectivity index (χ1n) is 9.04. The van der Waals surface area contributed by atoms with E-state index in [-0.39, 0.29) is 17.9 Å². The number of carbonyl (C=O) groups is 1. The molecule has 6 heteroatoms. The molecule has 0 saturated carbocycles. The summed E-state index contributed by atoms with van der Waals surface area (Å²) >= 11 is 1.41. The summed E-state index contributed by atoms with van der Waals surface area (Å²) in [5.74, 6) is 0.442. The molecule has 0 unspecified atom stereocenters. The van der Waals surface area contributed by atoms with Crippen LogP contribution in [0, 0.1) is 0 Å². The topological polar surface area (TPSA) is 59.8 Å². The molecule has 0 saturated heterocycles. The molecule has 0 spiro atoms. The first kappa shape index (κ1) is 19.2. The average Bonchev–Trinajstić information content (AvgIpc) is 3.17. The van der Waals surface area contributed by atoms with Crippen molar-refractivity contribution in [2.75, 3.05) is 12.3 Å². The molecule has 3 rings (SSSR count). The standard InChI is InChI=1S/C21H24N4OS/c1-16(2)25-15-23-24-21(25)27-14-20(26)22-13-19(17-9-5-3-6-10-17)18-11-7-4-8-12-18/h3-12,15-16,19H,13-14H2,1-2H3,(H,22,26). The Balaban J connectivity index is 1.62. The maximum atomic E-state index is 12.4. The minimum atomic E-state index is -0.00447. The lowest BCUT2D eigenvalue weighted by atomic mass is 9.91. The second kappa shape index (κ2) is 9.37. The lowest BCUT2D eigenvalue weighted by Crippen LogP contribution is -2.30. The minimum absolute atomic E-state index is 0.00447. The molecule has 5 nitrogen and oxygen atoms in total. The van der Waals surface area contributed by atoms with E-state index in [9.17, 15) is 4.79 Å². The van der Waals surface area contributed by atoms with Crippen LogP contribution in [0.15, 0.2) is 72.1 Å². The number of hydrogen-bond acceptors (Lipinski definition) is 4. The molecule has 140 valence electrons. The van der Waals surface area contributed by atoms with Crippen LogP contribution in [0.3, 0.4) is 0 Å². The third-order valence-electron chi connectivity index (χ3n) is 4.34. The summed E-state index contributed by atoms with van der Waals surface area (Å²) < 4.78 is 1.97. The predicted octanol–water partition coefficient (Wildman–Crippen LogP) is 3.90. The predicted molar refractivity (Wildman–Crippen MR) is 109 cm³/mol. The van der Waals surface area contributed by atoms with Gasteiger partial charge in [0.2, 0.25) is 5.91 Å². The molecule has 0 bridgehead atoms. The van der Waals surface area contributed by atoms with Gasteiger partial charge in [0.25, 0.3) is 0 Å². The van der Waals surface area contributed by atoms with Gasteiger partial charge in [0.1, 0.15) is 6.33 Å². The fourth-order valence-electron chi connectivity index (χ4n) is 2.89. The maximum absolute atomic E-state index is 12.4. The van der Waals surface area contributed by atoms with Crippen molar-refractivity contribution in [3.63, 3.8) is 0 Å². The van der Waals surface area contributed by atoms with Crippen LogP contribution < -0.4 is 5.32 Å². The average molecular weight is 381 g/mol. The van der Waals surface area contributed by atoms with E-state index in [1.54, 1.807) is 6.33 Å². The van der Waals surface area contributed by atoms with E-state index in [1.165, 1.54) is 22.9 Å². The number of benzene rings is 2. The van der Waals surface area contributed by atoms with E-state index in [4.69, 9.17) is 0 Å². The van der Waals surface area contributed by atoms with Gasteiger partial charge < -0.3 is 9.88 Å². The Morgan fingerprint density at radius 2 is 1.63 bits per heavy atom. The molecule has 0 radical (unpaired) electrons. The Hall–Kier alpha value is -2.60. The van der Waals surface area contributed by atoms with Crippen molar-refractivity contribution < 1.29 is 4.79 Å². The van der Waals surface area contributed by atoms with Gasteiger partial charge >= 0.3 is 0 Å². The highest BCUT2D eigenvalue weighted by molar-refractivity contribution is 7.99. The van der Waals surface area contributed by atoms with Crippen LogP contribution in [0.2, 0.25) is 0 Å². The number of nitrogens with one attached hydrogen (secondary N) is 1. The van der Waals surface area contributed by atoms with Crippen LogP contribution in [-0.2, 0) is 4.79 Å². The molecule has 0 atom stereocenters. The molecule has 0 aliphatic heterocycles. The number of amides is 1. The first-order valence-corrected chi connectivity index (χ1v) is 10.0. The largest absolute Gasteiger partial charge is 0.354 e. The molecular formula is C21H24N4OS. The van der Waals surface area contributed by atoms with Gasteiger partial charge in [0.05, 0.1) is 5.75 Å². The Labute approximate surface area is 164 Å². The number of rotatable bonds is 8. The normalized spacial score (nSPS) is 11.1. The monoisotopic (exact) mass is 380 g/mol. The van der Waals surface area contributed by atoms with Crippen molar-refractivity contribution in [2.45, 2.75) is 31.0 Å². The highest BCUT2D eigenvalue weighted by Crippen LogP contribution is 2.24. The number of carbonyl (C=O) groups excluding carboxylic acids is 1. The summed E-state index contributed by atoms with van der Waals surface area (Å²) in [4.78, 5) is 12.4. The Morgan fingerprint density at radius 1 is 1.04 bits per heavy atom. The van der Waals surface area contributed by atoms with Gasteiger partial charge in [-0.15, -0.1) is 10.2 Å². The first-order chi connectivity index (χ1) is 13.1. The summed E-state index contributed by atoms with van der Waals surface area (Å²) in [7, 11) is 0. The highest BCUT2D eigenvalue weighted by atomic mass is 32.2. The van der Waals surface area contributed by atoms with Crippen LogP contribution in [0.25, 0.3) is 0 Å². The Bertz CT molecular complexity index is 809. The van der Waals surface area contributed by atoms with Gasteiger partial charge in [-0.3, -0.25) is 4.79 Å². The van der Waals surface area contributed by atoms with Crippen LogP contribution in [0.1, 0.15) is 36.9 Å². The molecule has 0 aliphatic rings. The van der Waals surface area contributed by atoms with Crippen molar-refractivity contribution in [3.05, 3.63) is 78.1 Å². The number of nitrogens with zero attached hydrogens (tertiary/aromatic N) is 3. The molecule has 27 heavy (non-hydrogen) atoms. The number of aromatic nitrogens is 3. The van der Waals surface area contributed by atoms with E-state index in [0.717, 1.165) is 5.16 Å². The third-order valence-corrected chi connectivity index (χ3v) is 5.29. The minimum Gasteiger partial charge on any atom is -0.354 e. The van der Waals surface area contributed by atoms with Crippen molar-refractivity contribution in [1.29, 1.82) is 0 Å². The van der Waals surface area contributed by atoms with Gasteiger partial charge in [0, 0.05) is 18.5 Å². The maximum Gasteiger partial charge on any atom is 0.230 e. The van der Waals surface area contributed by atoms with Crippen LogP contribution in [-0.4, -0.2) is 33.0 Å². The fourth-order valence-corrected chi connectivity index (χ4v) is 3.76. The number of thioether (sulfide) groups is 1. The van der Waals surface area contributed by atoms with E-state index in [1.807, 2.05) is 41.0 Å². The molecule has 3 aromatic rings. The van der Waals surface area contributed by atoms with Crippen LogP contribution in [0.4, 0.5) is 0 Å². The summed E-state index contributed by atoms with van der Waals surface area (Å²) in [6.45, 7) is 4.69. The summed E-state index contributed by atoms with van der Waals surface area (Å²) in [6.07, 6.45) is 1.70. The lowest BCUT2D eigenvalue weighted by Gasteiger charge is -2.19. The van der Waals surface area contributed by atoms with Crippen molar-refractivity contribution in [1.82, 2.24) is 20.1 Å². The van der Waals surface area contributed by atoms with Gasteiger partial charge in [-0.05, 0) is 25.0 Å². The second-order valence-electron chi connectivity index (χ2n) is 6.58. The zero-order valence-corrected chi connectivity index (χ0v) is 16.4. The van der Waals surface area contributed by atoms with Crippen LogP contribution >= 0.6 is 11.8 Å². The molecule has 1 heterocycles. The van der Waals surface area contributed by atoms with E-state index in [2.05, 4.69) is 53.6 Å². The molecule has 0 fully saturated rings. The third kappa shape index (κ3) is 5.20. The Morgan fingerprint density at radius 3 is 2.19 bits per heavy atom. The molecule has 0 aliphatic carbocycles. The second-order valence-corrected chi connectivity index (χ2v) is 7.52. The Kier molecular flexibility index (Phi) is 6.65. The number of hydrogen-bond donors (Lipinski definition) is 1. The van der Waals surface area contributed by atoms with Gasteiger partial charge in [-0.2, -0.15) is 0 Å². The smallest absolute Gasteiger partial charge is 0.230 e. The van der Waals surface area contributed by atoms with Gasteiger partial charge in [-0.25, -0.2) is 0 Å². The van der Waals surface area contributed by atoms with E-state index in [0.29, 0.717) is 12.3 Å². The van der Waals surface area contributed by atoms with Crippen molar-refractivity contribution in [3.8, 4) is 0 Å². The summed E-state index contributed by atoms with van der Waals surface area (Å²) in [5, 5.41) is 11.9. The zero-order chi connectivity index (χ0) is 19.1. The molecular weight excluding hydrogens is 356 g/mol. The SMILES string of the molecule is CC(C)n1cnnc1SCC(=O)NCC(c1ccccc1)c1ccccc1. The zero-order valence-electron chi connectivity index (χ0n) is 15.6. The van der Waals surface area contributed by atoms with Crippen molar-refractivity contribution >= 4 is 17.7 Å². The van der Waals surface area contributed by atoms with Crippen LogP contribution in [0.5, 0.6) is 0 Å². The fraction of sp³-hybridized carbons (Fsp3) is 0.286. The summed E-state index contributed by atoms with van der Waals surface area (Å²) in [5.41, 5.74) is 2.38. The van der Waals surface area contributed by atoms with Crippen molar-refractivity contribution in [2.24, 2.45) is 0 Å². The highest BCUT2D eigenvalue weighted by Gasteiger charge is 2.16. The quantitative estimate of drug-likeness (QED) is 0.602. The summed E-state index contributed by atoms with van der Waals surface area (Å²) in [6, 6.07) is 20.8. The molecule has 2 aromatic carbocycles.